The smallest absolute Gasteiger partial charge is 0.00722 e. The van der Waals surface area contributed by atoms with Gasteiger partial charge in [-0.1, -0.05) is 13.8 Å². The summed E-state index contributed by atoms with van der Waals surface area (Å²) in [6.07, 6.45) is 4.75. The van der Waals surface area contributed by atoms with Crippen molar-refractivity contribution in [3.63, 3.8) is 0 Å². The van der Waals surface area contributed by atoms with E-state index in [-0.39, 0.29) is 0 Å². The molecular formula is C9H21NS. The minimum Gasteiger partial charge on any atom is -0.303 e. The van der Waals surface area contributed by atoms with E-state index in [4.69, 9.17) is 0 Å². The van der Waals surface area contributed by atoms with E-state index < -0.39 is 0 Å². The lowest BCUT2D eigenvalue weighted by Gasteiger charge is -2.19. The van der Waals surface area contributed by atoms with Crippen LogP contribution in [0.3, 0.4) is 0 Å². The fourth-order valence-electron chi connectivity index (χ4n) is 1.19. The van der Waals surface area contributed by atoms with Gasteiger partial charge < -0.3 is 4.90 Å². The minimum absolute atomic E-state index is 1.27. The molecule has 0 rings (SSSR count). The molecule has 0 bridgehead atoms. The molecule has 11 heavy (non-hydrogen) atoms. The van der Waals surface area contributed by atoms with Crippen molar-refractivity contribution in [3.05, 3.63) is 0 Å². The van der Waals surface area contributed by atoms with Crippen molar-refractivity contribution in [2.24, 2.45) is 0 Å². The monoisotopic (exact) mass is 175 g/mol. The third-order valence-electron chi connectivity index (χ3n) is 1.69. The molecule has 0 N–H and O–H groups in total. The normalized spacial score (nSPS) is 10.9. The quantitative estimate of drug-likeness (QED) is 0.585. The Morgan fingerprint density at radius 2 is 1.55 bits per heavy atom. The molecule has 0 saturated heterocycles. The van der Waals surface area contributed by atoms with Crippen molar-refractivity contribution in [2.45, 2.75) is 26.7 Å². The summed E-state index contributed by atoms with van der Waals surface area (Å²) < 4.78 is 0. The second kappa shape index (κ2) is 8.41. The summed E-state index contributed by atoms with van der Waals surface area (Å²) in [6, 6.07) is 0. The van der Waals surface area contributed by atoms with E-state index in [9.17, 15) is 0 Å². The lowest BCUT2D eigenvalue weighted by Crippen LogP contribution is -2.27. The Morgan fingerprint density at radius 3 is 1.91 bits per heavy atom. The molecule has 0 aliphatic heterocycles. The zero-order valence-corrected chi connectivity index (χ0v) is 8.91. The molecule has 0 radical (unpaired) electrons. The number of thioether (sulfide) groups is 1. The third-order valence-corrected chi connectivity index (χ3v) is 2.28. The molecule has 1 nitrogen and oxygen atoms in total. The Morgan fingerprint density at radius 1 is 1.00 bits per heavy atom. The van der Waals surface area contributed by atoms with Gasteiger partial charge >= 0.3 is 0 Å². The van der Waals surface area contributed by atoms with Gasteiger partial charge in [0.15, 0.2) is 0 Å². The first kappa shape index (κ1) is 11.3. The average molecular weight is 175 g/mol. The van der Waals surface area contributed by atoms with Crippen molar-refractivity contribution in [1.29, 1.82) is 0 Å². The van der Waals surface area contributed by atoms with Crippen LogP contribution in [0.2, 0.25) is 0 Å². The zero-order chi connectivity index (χ0) is 8.53. The fourth-order valence-corrected chi connectivity index (χ4v) is 1.63. The van der Waals surface area contributed by atoms with Crippen molar-refractivity contribution >= 4 is 11.8 Å². The maximum Gasteiger partial charge on any atom is 0.00722 e. The molecule has 0 saturated carbocycles. The lowest BCUT2D eigenvalue weighted by molar-refractivity contribution is 0.292. The Hall–Kier alpha value is 0.310. The second-order valence-corrected chi connectivity index (χ2v) is 3.82. The maximum absolute atomic E-state index is 2.55. The van der Waals surface area contributed by atoms with Gasteiger partial charge in [0, 0.05) is 12.3 Å². The van der Waals surface area contributed by atoms with Crippen molar-refractivity contribution in [2.75, 3.05) is 31.6 Å². The standard InChI is InChI=1S/C9H21NS/c1-4-6-10(7-5-2)8-9-11-3/h4-9H2,1-3H3. The van der Waals surface area contributed by atoms with Gasteiger partial charge in [0.2, 0.25) is 0 Å². The molecule has 0 aromatic heterocycles. The first-order valence-corrected chi connectivity index (χ1v) is 5.95. The Kier molecular flexibility index (Phi) is 8.64. The van der Waals surface area contributed by atoms with Crippen LogP contribution in [0.1, 0.15) is 26.7 Å². The first-order chi connectivity index (χ1) is 5.35. The van der Waals surface area contributed by atoms with Gasteiger partial charge in [-0.25, -0.2) is 0 Å². The number of rotatable bonds is 7. The zero-order valence-electron chi connectivity index (χ0n) is 8.10. The molecule has 0 fully saturated rings. The second-order valence-electron chi connectivity index (χ2n) is 2.83. The Bertz CT molecular complexity index is 70.0. The van der Waals surface area contributed by atoms with Crippen LogP contribution in [0, 0.1) is 0 Å². The molecule has 0 unspecified atom stereocenters. The predicted molar refractivity (Wildman–Crippen MR) is 55.4 cm³/mol. The summed E-state index contributed by atoms with van der Waals surface area (Å²) in [4.78, 5) is 2.55. The number of hydrogen-bond acceptors (Lipinski definition) is 2. The third kappa shape index (κ3) is 6.70. The van der Waals surface area contributed by atoms with Gasteiger partial charge in [0.1, 0.15) is 0 Å². The van der Waals surface area contributed by atoms with E-state index in [0.29, 0.717) is 0 Å². The van der Waals surface area contributed by atoms with Crippen LogP contribution in [-0.4, -0.2) is 36.5 Å². The molecule has 0 aromatic carbocycles. The van der Waals surface area contributed by atoms with Crippen molar-refractivity contribution < 1.29 is 0 Å². The van der Waals surface area contributed by atoms with E-state index in [2.05, 4.69) is 25.0 Å². The molecule has 0 aromatic rings. The first-order valence-electron chi connectivity index (χ1n) is 4.56. The largest absolute Gasteiger partial charge is 0.303 e. The summed E-state index contributed by atoms with van der Waals surface area (Å²) in [7, 11) is 0. The maximum atomic E-state index is 2.55. The van der Waals surface area contributed by atoms with Crippen LogP contribution >= 0.6 is 11.8 Å². The Balaban J connectivity index is 3.34. The SMILES string of the molecule is CCCN(CCC)CCSC. The number of hydrogen-bond donors (Lipinski definition) is 0. The molecule has 0 amide bonds. The van der Waals surface area contributed by atoms with Crippen LogP contribution in [0.25, 0.3) is 0 Å². The van der Waals surface area contributed by atoms with Crippen LogP contribution in [0.5, 0.6) is 0 Å². The van der Waals surface area contributed by atoms with E-state index in [0.717, 1.165) is 0 Å². The van der Waals surface area contributed by atoms with E-state index in [1.165, 1.54) is 38.2 Å². The molecule has 0 aliphatic rings. The highest BCUT2D eigenvalue weighted by molar-refractivity contribution is 7.98. The highest BCUT2D eigenvalue weighted by Crippen LogP contribution is 1.98. The number of nitrogens with zero attached hydrogens (tertiary/aromatic N) is 1. The van der Waals surface area contributed by atoms with Gasteiger partial charge in [-0.05, 0) is 32.2 Å². The lowest BCUT2D eigenvalue weighted by atomic mass is 10.3. The average Bonchev–Trinajstić information content (AvgIpc) is 2.01. The van der Waals surface area contributed by atoms with E-state index >= 15 is 0 Å². The predicted octanol–water partition coefficient (Wildman–Crippen LogP) is 2.47. The van der Waals surface area contributed by atoms with Gasteiger partial charge in [0.25, 0.3) is 0 Å². The topological polar surface area (TPSA) is 3.24 Å². The van der Waals surface area contributed by atoms with Crippen LogP contribution < -0.4 is 0 Å². The summed E-state index contributed by atoms with van der Waals surface area (Å²) in [6.45, 7) is 8.31. The fraction of sp³-hybridized carbons (Fsp3) is 1.00. The van der Waals surface area contributed by atoms with Gasteiger partial charge in [-0.3, -0.25) is 0 Å². The summed E-state index contributed by atoms with van der Waals surface area (Å²) in [5.74, 6) is 1.28. The van der Waals surface area contributed by atoms with Gasteiger partial charge in [-0.2, -0.15) is 11.8 Å². The summed E-state index contributed by atoms with van der Waals surface area (Å²) in [5.41, 5.74) is 0. The molecular weight excluding hydrogens is 154 g/mol. The molecule has 0 aliphatic carbocycles. The minimum atomic E-state index is 1.27. The summed E-state index contributed by atoms with van der Waals surface area (Å²) >= 11 is 1.94. The highest BCUT2D eigenvalue weighted by Gasteiger charge is 1.99. The van der Waals surface area contributed by atoms with E-state index in [1.54, 1.807) is 0 Å². The van der Waals surface area contributed by atoms with Crippen LogP contribution in [-0.2, 0) is 0 Å². The summed E-state index contributed by atoms with van der Waals surface area (Å²) in [5, 5.41) is 0. The molecule has 2 heteroatoms. The molecule has 0 spiro atoms. The highest BCUT2D eigenvalue weighted by atomic mass is 32.2. The molecule has 68 valence electrons. The molecule has 0 atom stereocenters. The van der Waals surface area contributed by atoms with Crippen molar-refractivity contribution in [1.82, 2.24) is 4.90 Å². The van der Waals surface area contributed by atoms with Crippen LogP contribution in [0.4, 0.5) is 0 Å². The Labute approximate surface area is 75.5 Å². The molecule has 0 heterocycles. The van der Waals surface area contributed by atoms with E-state index in [1.807, 2.05) is 11.8 Å². The van der Waals surface area contributed by atoms with Gasteiger partial charge in [-0.15, -0.1) is 0 Å². The van der Waals surface area contributed by atoms with Crippen LogP contribution in [0.15, 0.2) is 0 Å². The van der Waals surface area contributed by atoms with Crippen molar-refractivity contribution in [3.8, 4) is 0 Å². The van der Waals surface area contributed by atoms with Gasteiger partial charge in [0.05, 0.1) is 0 Å².